The molecule has 2 aliphatic rings. The fourth-order valence-corrected chi connectivity index (χ4v) is 6.71. The topological polar surface area (TPSA) is 74.5 Å². The van der Waals surface area contributed by atoms with E-state index in [4.69, 9.17) is 0 Å². The summed E-state index contributed by atoms with van der Waals surface area (Å²) < 4.78 is 32.0. The van der Waals surface area contributed by atoms with Crippen LogP contribution in [0, 0.1) is 24.5 Å². The van der Waals surface area contributed by atoms with Crippen molar-refractivity contribution in [1.82, 2.24) is 29.3 Å². The van der Waals surface area contributed by atoms with Crippen LogP contribution in [-0.2, 0) is 0 Å². The van der Waals surface area contributed by atoms with Gasteiger partial charge in [0.2, 0.25) is 5.95 Å². The van der Waals surface area contributed by atoms with E-state index in [2.05, 4.69) is 61.6 Å². The highest BCUT2D eigenvalue weighted by Gasteiger charge is 2.33. The third-order valence-electron chi connectivity index (χ3n) is 8.82. The molecule has 2 aliphatic heterocycles. The van der Waals surface area contributed by atoms with Crippen molar-refractivity contribution < 1.29 is 8.78 Å². The largest absolute Gasteiger partial charge is 0.326 e. The van der Waals surface area contributed by atoms with E-state index in [0.29, 0.717) is 34.7 Å². The van der Waals surface area contributed by atoms with E-state index in [-0.39, 0.29) is 23.2 Å². The Morgan fingerprint density at radius 3 is 2.49 bits per heavy atom. The molecular formula is C33H44F2N8. The van der Waals surface area contributed by atoms with E-state index in [1.165, 1.54) is 37.3 Å². The van der Waals surface area contributed by atoms with Crippen LogP contribution in [0.5, 0.6) is 0 Å². The van der Waals surface area contributed by atoms with Crippen LogP contribution in [0.1, 0.15) is 65.2 Å². The fraction of sp³-hybridized carbons (Fsp3) is 0.515. The maximum absolute atomic E-state index is 15.1. The number of halogens is 2. The van der Waals surface area contributed by atoms with E-state index in [1.807, 2.05) is 31.6 Å². The normalized spacial score (nSPS) is 18.4. The Labute approximate surface area is 253 Å². The number of hydrogen-bond donors (Lipinski definition) is 1. The number of nitrogens with one attached hydrogen (secondary N) is 1. The Balaban J connectivity index is 1.35. The van der Waals surface area contributed by atoms with Gasteiger partial charge in [0.05, 0.1) is 11.7 Å². The maximum Gasteiger partial charge on any atom is 0.229 e. The van der Waals surface area contributed by atoms with Crippen LogP contribution in [0.2, 0.25) is 0 Å². The van der Waals surface area contributed by atoms with Crippen molar-refractivity contribution in [1.29, 1.82) is 0 Å². The van der Waals surface area contributed by atoms with Gasteiger partial charge in [0.15, 0.2) is 11.6 Å². The Kier molecular flexibility index (Phi) is 9.66. The Hall–Kier alpha value is -3.50. The third kappa shape index (κ3) is 6.70. The van der Waals surface area contributed by atoms with Crippen molar-refractivity contribution in [3.63, 3.8) is 0 Å². The fourth-order valence-electron chi connectivity index (χ4n) is 6.71. The number of anilines is 1. The number of likely N-dealkylation sites (tertiary alicyclic amines) is 2. The molecule has 8 nitrogen and oxygen atoms in total. The van der Waals surface area contributed by atoms with E-state index >= 15 is 4.39 Å². The molecular weight excluding hydrogens is 546 g/mol. The number of benzene rings is 1. The molecule has 0 aliphatic carbocycles. The summed E-state index contributed by atoms with van der Waals surface area (Å²) in [6, 6.07) is 3.38. The van der Waals surface area contributed by atoms with Crippen molar-refractivity contribution in [2.75, 3.05) is 38.0 Å². The molecule has 43 heavy (non-hydrogen) atoms. The minimum atomic E-state index is -0.649. The summed E-state index contributed by atoms with van der Waals surface area (Å²) in [6.45, 7) is 19.8. The number of allylic oxidation sites excluding steroid dienone is 1. The van der Waals surface area contributed by atoms with Gasteiger partial charge in [-0.05, 0) is 110 Å². The van der Waals surface area contributed by atoms with Crippen LogP contribution in [0.3, 0.4) is 0 Å². The Morgan fingerprint density at radius 2 is 1.84 bits per heavy atom. The van der Waals surface area contributed by atoms with Crippen molar-refractivity contribution in [3.05, 3.63) is 59.8 Å². The minimum Gasteiger partial charge on any atom is -0.326 e. The Bertz CT molecular complexity index is 1510. The first-order chi connectivity index (χ1) is 20.7. The summed E-state index contributed by atoms with van der Waals surface area (Å²) in [4.78, 5) is 22.6. The molecule has 0 spiro atoms. The number of hydrogen-bond acceptors (Lipinski definition) is 7. The van der Waals surface area contributed by atoms with Crippen LogP contribution in [-0.4, -0.2) is 74.3 Å². The molecule has 2 aromatic heterocycles. The molecule has 5 rings (SSSR count). The SMILES string of the molecule is C=C(/N=C\C(=C/C)C(C1CCN(CC)CC1)N1CCCC1)Nc1ncc(F)c(-c2cc(F)c3nc(C)n(C(C)C)c3c2)n1. The summed E-state index contributed by atoms with van der Waals surface area (Å²) in [5.74, 6) is 0.578. The van der Waals surface area contributed by atoms with Crippen LogP contribution < -0.4 is 5.32 Å². The van der Waals surface area contributed by atoms with Gasteiger partial charge < -0.3 is 14.8 Å². The number of aliphatic imine (C=N–C) groups is 1. The predicted octanol–water partition coefficient (Wildman–Crippen LogP) is 6.76. The molecule has 0 bridgehead atoms. The number of aromatic nitrogens is 4. The van der Waals surface area contributed by atoms with Crippen LogP contribution in [0.15, 0.2) is 47.4 Å². The summed E-state index contributed by atoms with van der Waals surface area (Å²) in [7, 11) is 0. The smallest absolute Gasteiger partial charge is 0.229 e. The maximum atomic E-state index is 15.1. The molecule has 4 heterocycles. The van der Waals surface area contributed by atoms with Gasteiger partial charge in [-0.2, -0.15) is 0 Å². The average Bonchev–Trinajstić information content (AvgIpc) is 3.64. The molecule has 3 aromatic rings. The van der Waals surface area contributed by atoms with E-state index in [0.717, 1.165) is 38.9 Å². The zero-order valence-electron chi connectivity index (χ0n) is 26.1. The van der Waals surface area contributed by atoms with E-state index in [9.17, 15) is 4.39 Å². The number of aryl methyl sites for hydroxylation is 1. The molecule has 10 heteroatoms. The van der Waals surface area contributed by atoms with Gasteiger partial charge >= 0.3 is 0 Å². The summed E-state index contributed by atoms with van der Waals surface area (Å²) in [5.41, 5.74) is 2.33. The van der Waals surface area contributed by atoms with E-state index in [1.54, 1.807) is 6.07 Å². The third-order valence-corrected chi connectivity index (χ3v) is 8.82. The Morgan fingerprint density at radius 1 is 1.12 bits per heavy atom. The summed E-state index contributed by atoms with van der Waals surface area (Å²) >= 11 is 0. The summed E-state index contributed by atoms with van der Waals surface area (Å²) in [5, 5.41) is 3.01. The number of rotatable bonds is 10. The number of piperidine rings is 1. The van der Waals surface area contributed by atoms with E-state index < -0.39 is 11.6 Å². The lowest BCUT2D eigenvalue weighted by Gasteiger charge is -2.40. The lowest BCUT2D eigenvalue weighted by atomic mass is 9.84. The number of nitrogens with zero attached hydrogens (tertiary/aromatic N) is 7. The molecule has 0 radical (unpaired) electrons. The van der Waals surface area contributed by atoms with Gasteiger partial charge in [0.1, 0.15) is 22.9 Å². The molecule has 1 N–H and O–H groups in total. The van der Waals surface area contributed by atoms with Crippen molar-refractivity contribution in [2.45, 2.75) is 72.4 Å². The monoisotopic (exact) mass is 590 g/mol. The molecule has 1 unspecified atom stereocenters. The van der Waals surface area contributed by atoms with Gasteiger partial charge in [-0.1, -0.05) is 19.6 Å². The second-order valence-corrected chi connectivity index (χ2v) is 11.9. The molecule has 2 saturated heterocycles. The highest BCUT2D eigenvalue weighted by atomic mass is 19.1. The zero-order chi connectivity index (χ0) is 30.7. The minimum absolute atomic E-state index is 0.00843. The average molecular weight is 591 g/mol. The molecule has 230 valence electrons. The van der Waals surface area contributed by atoms with Crippen LogP contribution in [0.4, 0.5) is 14.7 Å². The molecule has 1 aromatic carbocycles. The first kappa shape index (κ1) is 30.9. The molecule has 1 atom stereocenters. The lowest BCUT2D eigenvalue weighted by Crippen LogP contribution is -2.45. The standard InChI is InChI=1S/C33H44F2N8/c1-7-24(32(42-13-9-10-14-42)25-11-15-41(8-2)16-12-25)19-36-22(5)38-33-37-20-28(35)30(40-33)26-17-27(34)31-29(18-26)43(21(3)4)23(6)39-31/h7,17-21,25,32H,5,8-16H2,1-4,6H3,(H,37,38,40)/b24-7+,36-19-. The molecule has 0 amide bonds. The van der Waals surface area contributed by atoms with Crippen LogP contribution in [0.25, 0.3) is 22.3 Å². The second kappa shape index (κ2) is 13.4. The number of imidazole rings is 1. The first-order valence-corrected chi connectivity index (χ1v) is 15.5. The van der Waals surface area contributed by atoms with Crippen molar-refractivity contribution in [2.24, 2.45) is 10.9 Å². The highest BCUT2D eigenvalue weighted by molar-refractivity contribution is 5.83. The quantitative estimate of drug-likeness (QED) is 0.263. The summed E-state index contributed by atoms with van der Waals surface area (Å²) in [6.07, 6.45) is 9.95. The highest BCUT2D eigenvalue weighted by Crippen LogP contribution is 2.32. The second-order valence-electron chi connectivity index (χ2n) is 11.9. The van der Waals surface area contributed by atoms with Gasteiger partial charge in [0.25, 0.3) is 0 Å². The predicted molar refractivity (Wildman–Crippen MR) is 170 cm³/mol. The number of fused-ring (bicyclic) bond motifs is 1. The lowest BCUT2D eigenvalue weighted by molar-refractivity contribution is 0.125. The van der Waals surface area contributed by atoms with Gasteiger partial charge in [-0.15, -0.1) is 0 Å². The van der Waals surface area contributed by atoms with Gasteiger partial charge in [0, 0.05) is 23.9 Å². The van der Waals surface area contributed by atoms with Crippen molar-refractivity contribution >= 4 is 23.2 Å². The zero-order valence-corrected chi connectivity index (χ0v) is 26.1. The first-order valence-electron chi connectivity index (χ1n) is 15.5. The molecule has 2 fully saturated rings. The van der Waals surface area contributed by atoms with Crippen LogP contribution >= 0.6 is 0 Å². The van der Waals surface area contributed by atoms with Crippen molar-refractivity contribution in [3.8, 4) is 11.3 Å². The van der Waals surface area contributed by atoms with Gasteiger partial charge in [-0.25, -0.2) is 28.7 Å². The van der Waals surface area contributed by atoms with Gasteiger partial charge in [-0.3, -0.25) is 4.90 Å². The molecule has 0 saturated carbocycles.